The predicted molar refractivity (Wildman–Crippen MR) is 108 cm³/mol. The number of rotatable bonds is 5. The number of aromatic nitrogens is 3. The fourth-order valence-corrected chi connectivity index (χ4v) is 3.00. The molecule has 0 radical (unpaired) electrons. The van der Waals surface area contributed by atoms with Crippen LogP contribution in [0, 0.1) is 11.3 Å². The summed E-state index contributed by atoms with van der Waals surface area (Å²) in [5.41, 5.74) is 11.0. The first-order chi connectivity index (χ1) is 13.7. The highest BCUT2D eigenvalue weighted by Gasteiger charge is 2.11. The van der Waals surface area contributed by atoms with Gasteiger partial charge in [-0.1, -0.05) is 30.3 Å². The number of anilines is 1. The molecule has 6 heteroatoms. The van der Waals surface area contributed by atoms with Crippen LogP contribution in [0.25, 0.3) is 22.3 Å². The summed E-state index contributed by atoms with van der Waals surface area (Å²) >= 11 is 0. The molecular formula is C22H17N5O. The normalized spacial score (nSPS) is 10.5. The number of ether oxygens (including phenoxy) is 1. The Hall–Kier alpha value is -3.98. The molecule has 0 aliphatic heterocycles. The van der Waals surface area contributed by atoms with Gasteiger partial charge in [-0.15, -0.1) is 0 Å². The molecule has 0 spiro atoms. The van der Waals surface area contributed by atoms with Crippen molar-refractivity contribution in [3.05, 3.63) is 78.0 Å². The van der Waals surface area contributed by atoms with Gasteiger partial charge in [-0.2, -0.15) is 5.26 Å². The van der Waals surface area contributed by atoms with Crippen LogP contribution in [-0.4, -0.2) is 21.6 Å². The average Bonchev–Trinajstić information content (AvgIpc) is 2.73. The number of hydrogen-bond acceptors (Lipinski definition) is 6. The van der Waals surface area contributed by atoms with Gasteiger partial charge in [-0.3, -0.25) is 0 Å². The summed E-state index contributed by atoms with van der Waals surface area (Å²) in [4.78, 5) is 13.5. The van der Waals surface area contributed by atoms with Gasteiger partial charge in [0.25, 0.3) is 0 Å². The van der Waals surface area contributed by atoms with Crippen molar-refractivity contribution < 1.29 is 4.74 Å². The van der Waals surface area contributed by atoms with E-state index in [-0.39, 0.29) is 12.6 Å². The van der Waals surface area contributed by atoms with Gasteiger partial charge in [-0.25, -0.2) is 15.0 Å². The molecule has 0 aliphatic carbocycles. The molecule has 2 heterocycles. The fourth-order valence-electron chi connectivity index (χ4n) is 3.00. The largest absolute Gasteiger partial charge is 0.479 e. The molecule has 4 rings (SSSR count). The van der Waals surface area contributed by atoms with E-state index >= 15 is 0 Å². The number of hydrogen-bond donors (Lipinski definition) is 1. The molecule has 0 atom stereocenters. The number of pyridine rings is 1. The van der Waals surface area contributed by atoms with E-state index in [1.807, 2.05) is 72.8 Å². The number of benzene rings is 2. The average molecular weight is 367 g/mol. The summed E-state index contributed by atoms with van der Waals surface area (Å²) in [6.45, 7) is 0.0230. The van der Waals surface area contributed by atoms with E-state index in [9.17, 15) is 0 Å². The maximum Gasteiger partial charge on any atom is 0.220 e. The molecule has 4 aromatic rings. The molecule has 0 saturated carbocycles. The van der Waals surface area contributed by atoms with Gasteiger partial charge in [0.15, 0.2) is 6.61 Å². The van der Waals surface area contributed by atoms with Gasteiger partial charge < -0.3 is 10.5 Å². The van der Waals surface area contributed by atoms with E-state index in [0.29, 0.717) is 12.2 Å². The molecule has 136 valence electrons. The Labute approximate surface area is 162 Å². The second kappa shape index (κ2) is 7.72. The van der Waals surface area contributed by atoms with Crippen LogP contribution >= 0.6 is 0 Å². The second-order valence-electron chi connectivity index (χ2n) is 6.23. The lowest BCUT2D eigenvalue weighted by Crippen LogP contribution is -2.03. The van der Waals surface area contributed by atoms with Crippen LogP contribution in [0.5, 0.6) is 5.75 Å². The zero-order chi connectivity index (χ0) is 19.3. The minimum absolute atomic E-state index is 0.0230. The first kappa shape index (κ1) is 17.4. The lowest BCUT2D eigenvalue weighted by atomic mass is 10.1. The van der Waals surface area contributed by atoms with Crippen LogP contribution in [0.1, 0.15) is 11.3 Å². The summed E-state index contributed by atoms with van der Waals surface area (Å²) in [7, 11) is 0. The van der Waals surface area contributed by atoms with E-state index in [1.165, 1.54) is 0 Å². The third kappa shape index (κ3) is 3.74. The van der Waals surface area contributed by atoms with E-state index in [2.05, 4.69) is 9.97 Å². The zero-order valence-corrected chi connectivity index (χ0v) is 15.0. The van der Waals surface area contributed by atoms with Gasteiger partial charge in [-0.05, 0) is 42.0 Å². The third-order valence-corrected chi connectivity index (χ3v) is 4.30. The molecule has 28 heavy (non-hydrogen) atoms. The molecule has 0 fully saturated rings. The number of nitriles is 1. The van der Waals surface area contributed by atoms with E-state index in [4.69, 9.17) is 20.7 Å². The van der Waals surface area contributed by atoms with Crippen LogP contribution < -0.4 is 10.5 Å². The number of nitrogens with zero attached hydrogens (tertiary/aromatic N) is 4. The SMILES string of the molecule is N#CCOc1ccc(-c2ccc3nc(N)nc(Cc4ccccc4)c3n2)cc1. The Morgan fingerprint density at radius 3 is 2.43 bits per heavy atom. The molecule has 0 amide bonds. The summed E-state index contributed by atoms with van der Waals surface area (Å²) in [6, 6.07) is 23.3. The van der Waals surface area contributed by atoms with Gasteiger partial charge >= 0.3 is 0 Å². The first-order valence-corrected chi connectivity index (χ1v) is 8.80. The van der Waals surface area contributed by atoms with Gasteiger partial charge in [0.1, 0.15) is 17.3 Å². The number of fused-ring (bicyclic) bond motifs is 1. The second-order valence-corrected chi connectivity index (χ2v) is 6.23. The van der Waals surface area contributed by atoms with E-state index < -0.39 is 0 Å². The highest BCUT2D eigenvalue weighted by Crippen LogP contribution is 2.25. The van der Waals surface area contributed by atoms with Crippen molar-refractivity contribution in [1.29, 1.82) is 5.26 Å². The standard InChI is InChI=1S/C22H17N5O/c23-12-13-28-17-8-6-16(7-9-17)18-10-11-19-21(25-18)20(27-22(24)26-19)14-15-4-2-1-3-5-15/h1-11H,13-14H2,(H2,24,26,27). The van der Waals surface area contributed by atoms with Crippen molar-refractivity contribution in [3.8, 4) is 23.1 Å². The molecule has 2 aromatic carbocycles. The van der Waals surface area contributed by atoms with Gasteiger partial charge in [0, 0.05) is 12.0 Å². The Kier molecular flexibility index (Phi) is 4.81. The summed E-state index contributed by atoms with van der Waals surface area (Å²) in [5.74, 6) is 0.888. The molecule has 6 nitrogen and oxygen atoms in total. The van der Waals surface area contributed by atoms with Crippen LogP contribution in [0.4, 0.5) is 5.95 Å². The van der Waals surface area contributed by atoms with Crippen LogP contribution in [0.15, 0.2) is 66.7 Å². The highest BCUT2D eigenvalue weighted by molar-refractivity contribution is 5.81. The van der Waals surface area contributed by atoms with E-state index in [0.717, 1.165) is 33.5 Å². The van der Waals surface area contributed by atoms with Crippen molar-refractivity contribution in [3.63, 3.8) is 0 Å². The van der Waals surface area contributed by atoms with Crippen molar-refractivity contribution >= 4 is 17.0 Å². The fraction of sp³-hybridized carbons (Fsp3) is 0.0909. The van der Waals surface area contributed by atoms with Crippen LogP contribution in [0.3, 0.4) is 0 Å². The highest BCUT2D eigenvalue weighted by atomic mass is 16.5. The Balaban J connectivity index is 1.72. The maximum atomic E-state index is 8.61. The minimum Gasteiger partial charge on any atom is -0.479 e. The quantitative estimate of drug-likeness (QED) is 0.577. The van der Waals surface area contributed by atoms with Gasteiger partial charge in [0.05, 0.1) is 16.9 Å². The Morgan fingerprint density at radius 1 is 0.893 bits per heavy atom. The number of nitrogens with two attached hydrogens (primary N) is 1. The zero-order valence-electron chi connectivity index (χ0n) is 15.0. The smallest absolute Gasteiger partial charge is 0.220 e. The van der Waals surface area contributed by atoms with Crippen molar-refractivity contribution in [2.24, 2.45) is 0 Å². The Bertz CT molecular complexity index is 1150. The van der Waals surface area contributed by atoms with Gasteiger partial charge in [0.2, 0.25) is 5.95 Å². The summed E-state index contributed by atoms with van der Waals surface area (Å²) in [6.07, 6.45) is 0.626. The van der Waals surface area contributed by atoms with Crippen LogP contribution in [-0.2, 0) is 6.42 Å². The lowest BCUT2D eigenvalue weighted by Gasteiger charge is -2.09. The van der Waals surface area contributed by atoms with Crippen LogP contribution in [0.2, 0.25) is 0 Å². The summed E-state index contributed by atoms with van der Waals surface area (Å²) < 4.78 is 5.30. The topological polar surface area (TPSA) is 97.7 Å². The molecule has 0 unspecified atom stereocenters. The van der Waals surface area contributed by atoms with Crippen molar-refractivity contribution in [2.45, 2.75) is 6.42 Å². The molecule has 2 N–H and O–H groups in total. The third-order valence-electron chi connectivity index (χ3n) is 4.30. The number of nitrogen functional groups attached to an aromatic ring is 1. The van der Waals surface area contributed by atoms with E-state index in [1.54, 1.807) is 0 Å². The molecular weight excluding hydrogens is 350 g/mol. The lowest BCUT2D eigenvalue weighted by molar-refractivity contribution is 0.368. The van der Waals surface area contributed by atoms with Crippen molar-refractivity contribution in [2.75, 3.05) is 12.3 Å². The first-order valence-electron chi connectivity index (χ1n) is 8.80. The minimum atomic E-state index is 0.0230. The molecule has 0 bridgehead atoms. The monoisotopic (exact) mass is 367 g/mol. The maximum absolute atomic E-state index is 8.61. The molecule has 0 saturated heterocycles. The predicted octanol–water partition coefficient (Wildman–Crippen LogP) is 3.77. The van der Waals surface area contributed by atoms with Crippen molar-refractivity contribution in [1.82, 2.24) is 15.0 Å². The molecule has 2 aromatic heterocycles. The summed E-state index contributed by atoms with van der Waals surface area (Å²) in [5, 5.41) is 8.61. The molecule has 0 aliphatic rings. The Morgan fingerprint density at radius 2 is 1.68 bits per heavy atom.